The maximum Gasteiger partial charge on any atom is 0.264 e. The molecule has 0 aliphatic heterocycles. The van der Waals surface area contributed by atoms with Crippen LogP contribution in [0.1, 0.15) is 23.5 Å². The van der Waals surface area contributed by atoms with Crippen LogP contribution in [0.15, 0.2) is 29.7 Å². The average molecular weight is 209 g/mol. The molecule has 0 saturated heterocycles. The van der Waals surface area contributed by atoms with Crippen LogP contribution in [0.2, 0.25) is 0 Å². The van der Waals surface area contributed by atoms with Crippen LogP contribution in [-0.4, -0.2) is 23.9 Å². The van der Waals surface area contributed by atoms with Crippen LogP contribution in [0.4, 0.5) is 0 Å². The standard InChI is InChI=1S/C11H15NOS/c1-4-12(8-9(2)3)11(13)10-6-5-7-14-10/h5-7H,2,4,8H2,1,3H3. The number of carbonyl (C=O) groups is 1. The molecular formula is C11H15NOS. The van der Waals surface area contributed by atoms with E-state index in [9.17, 15) is 4.79 Å². The van der Waals surface area contributed by atoms with Crippen molar-refractivity contribution in [3.8, 4) is 0 Å². The molecule has 1 amide bonds. The van der Waals surface area contributed by atoms with Crippen LogP contribution in [0.25, 0.3) is 0 Å². The SMILES string of the molecule is C=C(C)CN(CC)C(=O)c1cccs1. The third-order valence-electron chi connectivity index (χ3n) is 1.86. The monoisotopic (exact) mass is 209 g/mol. The highest BCUT2D eigenvalue weighted by atomic mass is 32.1. The Morgan fingerprint density at radius 2 is 2.36 bits per heavy atom. The van der Waals surface area contributed by atoms with Crippen molar-refractivity contribution in [3.63, 3.8) is 0 Å². The van der Waals surface area contributed by atoms with Crippen molar-refractivity contribution in [2.45, 2.75) is 13.8 Å². The Kier molecular flexibility index (Phi) is 3.89. The number of nitrogens with zero attached hydrogens (tertiary/aromatic N) is 1. The third-order valence-corrected chi connectivity index (χ3v) is 2.72. The van der Waals surface area contributed by atoms with Gasteiger partial charge in [-0.2, -0.15) is 0 Å². The molecule has 0 aliphatic carbocycles. The molecular weight excluding hydrogens is 194 g/mol. The number of amides is 1. The van der Waals surface area contributed by atoms with Gasteiger partial charge in [0.1, 0.15) is 0 Å². The van der Waals surface area contributed by atoms with Gasteiger partial charge in [-0.1, -0.05) is 18.2 Å². The van der Waals surface area contributed by atoms with Gasteiger partial charge < -0.3 is 4.90 Å². The average Bonchev–Trinajstić information content (AvgIpc) is 2.65. The predicted molar refractivity (Wildman–Crippen MR) is 60.7 cm³/mol. The zero-order valence-corrected chi connectivity index (χ0v) is 9.43. The Balaban J connectivity index is 2.70. The highest BCUT2D eigenvalue weighted by Crippen LogP contribution is 2.12. The van der Waals surface area contributed by atoms with Gasteiger partial charge in [0.15, 0.2) is 0 Å². The minimum absolute atomic E-state index is 0.102. The largest absolute Gasteiger partial charge is 0.334 e. The number of rotatable bonds is 4. The van der Waals surface area contributed by atoms with Gasteiger partial charge in [0.25, 0.3) is 5.91 Å². The van der Waals surface area contributed by atoms with Gasteiger partial charge in [0.2, 0.25) is 0 Å². The van der Waals surface area contributed by atoms with E-state index in [1.807, 2.05) is 31.4 Å². The van der Waals surface area contributed by atoms with E-state index in [-0.39, 0.29) is 5.91 Å². The van der Waals surface area contributed by atoms with Gasteiger partial charge in [-0.15, -0.1) is 11.3 Å². The molecule has 0 atom stereocenters. The highest BCUT2D eigenvalue weighted by molar-refractivity contribution is 7.12. The summed E-state index contributed by atoms with van der Waals surface area (Å²) in [6.07, 6.45) is 0. The molecule has 0 N–H and O–H groups in total. The van der Waals surface area contributed by atoms with Crippen LogP contribution in [0, 0.1) is 0 Å². The maximum atomic E-state index is 11.9. The van der Waals surface area contributed by atoms with E-state index in [0.717, 1.165) is 17.0 Å². The first-order valence-corrected chi connectivity index (χ1v) is 5.50. The van der Waals surface area contributed by atoms with E-state index in [2.05, 4.69) is 6.58 Å². The van der Waals surface area contributed by atoms with Gasteiger partial charge in [-0.05, 0) is 25.3 Å². The molecule has 1 rings (SSSR count). The lowest BCUT2D eigenvalue weighted by Gasteiger charge is -2.19. The van der Waals surface area contributed by atoms with Crippen molar-refractivity contribution >= 4 is 17.2 Å². The molecule has 14 heavy (non-hydrogen) atoms. The summed E-state index contributed by atoms with van der Waals surface area (Å²) in [5, 5.41) is 1.92. The lowest BCUT2D eigenvalue weighted by molar-refractivity contribution is 0.0783. The fourth-order valence-electron chi connectivity index (χ4n) is 1.21. The Morgan fingerprint density at radius 1 is 1.64 bits per heavy atom. The highest BCUT2D eigenvalue weighted by Gasteiger charge is 2.14. The molecule has 0 radical (unpaired) electrons. The molecule has 0 fully saturated rings. The zero-order valence-electron chi connectivity index (χ0n) is 8.62. The molecule has 0 aliphatic rings. The molecule has 1 aromatic heterocycles. The topological polar surface area (TPSA) is 20.3 Å². The van der Waals surface area contributed by atoms with Gasteiger partial charge >= 0.3 is 0 Å². The van der Waals surface area contributed by atoms with Crippen molar-refractivity contribution in [3.05, 3.63) is 34.5 Å². The molecule has 0 aromatic carbocycles. The molecule has 0 unspecified atom stereocenters. The Labute approximate surface area is 88.9 Å². The summed E-state index contributed by atoms with van der Waals surface area (Å²) >= 11 is 1.48. The molecule has 2 nitrogen and oxygen atoms in total. The number of likely N-dealkylation sites (N-methyl/N-ethyl adjacent to an activating group) is 1. The minimum atomic E-state index is 0.102. The lowest BCUT2D eigenvalue weighted by Crippen LogP contribution is -2.31. The van der Waals surface area contributed by atoms with Crippen LogP contribution < -0.4 is 0 Å². The van der Waals surface area contributed by atoms with E-state index in [1.54, 1.807) is 4.90 Å². The van der Waals surface area contributed by atoms with Crippen LogP contribution in [0.5, 0.6) is 0 Å². The van der Waals surface area contributed by atoms with Crippen molar-refractivity contribution < 1.29 is 4.79 Å². The summed E-state index contributed by atoms with van der Waals surface area (Å²) in [7, 11) is 0. The Hall–Kier alpha value is -1.09. The van der Waals surface area contributed by atoms with Crippen molar-refractivity contribution in [2.24, 2.45) is 0 Å². The molecule has 0 spiro atoms. The number of hydrogen-bond acceptors (Lipinski definition) is 2. The first-order valence-electron chi connectivity index (χ1n) is 4.62. The van der Waals surface area contributed by atoms with Crippen LogP contribution >= 0.6 is 11.3 Å². The van der Waals surface area contributed by atoms with Crippen molar-refractivity contribution in [1.29, 1.82) is 0 Å². The summed E-state index contributed by atoms with van der Waals surface area (Å²) in [5.41, 5.74) is 1.01. The smallest absolute Gasteiger partial charge is 0.264 e. The fourth-order valence-corrected chi connectivity index (χ4v) is 1.90. The predicted octanol–water partition coefficient (Wildman–Crippen LogP) is 2.79. The second kappa shape index (κ2) is 4.96. The second-order valence-corrected chi connectivity index (χ2v) is 4.20. The van der Waals surface area contributed by atoms with Gasteiger partial charge in [0.05, 0.1) is 4.88 Å². The van der Waals surface area contributed by atoms with Crippen LogP contribution in [-0.2, 0) is 0 Å². The minimum Gasteiger partial charge on any atom is -0.334 e. The quantitative estimate of drug-likeness (QED) is 0.698. The van der Waals surface area contributed by atoms with E-state index >= 15 is 0 Å². The zero-order chi connectivity index (χ0) is 10.6. The molecule has 0 bridgehead atoms. The third kappa shape index (κ3) is 2.70. The molecule has 76 valence electrons. The fraction of sp³-hybridized carbons (Fsp3) is 0.364. The molecule has 0 saturated carbocycles. The lowest BCUT2D eigenvalue weighted by atomic mass is 10.3. The van der Waals surface area contributed by atoms with E-state index < -0.39 is 0 Å². The molecule has 1 heterocycles. The van der Waals surface area contributed by atoms with E-state index in [0.29, 0.717) is 6.54 Å². The first kappa shape index (κ1) is 11.0. The summed E-state index contributed by atoms with van der Waals surface area (Å²) in [5.74, 6) is 0.102. The normalized spacial score (nSPS) is 9.86. The van der Waals surface area contributed by atoms with E-state index in [4.69, 9.17) is 0 Å². The summed E-state index contributed by atoms with van der Waals surface area (Å²) in [6.45, 7) is 9.10. The van der Waals surface area contributed by atoms with Gasteiger partial charge in [-0.3, -0.25) is 4.79 Å². The first-order chi connectivity index (χ1) is 6.65. The summed E-state index contributed by atoms with van der Waals surface area (Å²) < 4.78 is 0. The molecule has 1 aromatic rings. The maximum absolute atomic E-state index is 11.9. The van der Waals surface area contributed by atoms with E-state index in [1.165, 1.54) is 11.3 Å². The van der Waals surface area contributed by atoms with Gasteiger partial charge in [-0.25, -0.2) is 0 Å². The molecule has 3 heteroatoms. The van der Waals surface area contributed by atoms with Crippen LogP contribution in [0.3, 0.4) is 0 Å². The second-order valence-electron chi connectivity index (χ2n) is 3.25. The Bertz CT molecular complexity index is 316. The van der Waals surface area contributed by atoms with Crippen molar-refractivity contribution in [2.75, 3.05) is 13.1 Å². The summed E-state index contributed by atoms with van der Waals surface area (Å²) in [6, 6.07) is 3.75. The van der Waals surface area contributed by atoms with Crippen molar-refractivity contribution in [1.82, 2.24) is 4.90 Å². The van der Waals surface area contributed by atoms with Gasteiger partial charge in [0, 0.05) is 13.1 Å². The number of thiophene rings is 1. The number of hydrogen-bond donors (Lipinski definition) is 0. The Morgan fingerprint density at radius 3 is 2.79 bits per heavy atom. The number of carbonyl (C=O) groups excluding carboxylic acids is 1. The summed E-state index contributed by atoms with van der Waals surface area (Å²) in [4.78, 5) is 14.5.